The lowest BCUT2D eigenvalue weighted by molar-refractivity contribution is 1.29. The van der Waals surface area contributed by atoms with Crippen LogP contribution < -0.4 is 5.73 Å². The molecule has 1 nitrogen and oxygen atoms in total. The molecule has 1 heterocycles. The molecule has 1 aromatic rings. The Kier molecular flexibility index (Phi) is 3.06. The highest BCUT2D eigenvalue weighted by Gasteiger charge is 2.06. The van der Waals surface area contributed by atoms with E-state index in [0.717, 1.165) is 11.4 Å². The maximum Gasteiger partial charge on any atom is 0.0378 e. The van der Waals surface area contributed by atoms with Gasteiger partial charge in [-0.1, -0.05) is 18.2 Å². The Morgan fingerprint density at radius 3 is 2.83 bits per heavy atom. The van der Waals surface area contributed by atoms with Gasteiger partial charge in [0.15, 0.2) is 0 Å². The summed E-state index contributed by atoms with van der Waals surface area (Å²) in [5, 5.41) is 0. The molecule has 0 unspecified atom stereocenters. The lowest BCUT2D eigenvalue weighted by Gasteiger charge is -2.11. The van der Waals surface area contributed by atoms with Gasteiger partial charge in [0.2, 0.25) is 0 Å². The predicted molar refractivity (Wildman–Crippen MR) is 56.6 cm³/mol. The molecule has 0 amide bonds. The number of halogens is 1. The SMILES string of the molecule is Cl.NC1=Cc2ccccc2SC1. The summed E-state index contributed by atoms with van der Waals surface area (Å²) in [4.78, 5) is 1.33. The summed E-state index contributed by atoms with van der Waals surface area (Å²) in [6, 6.07) is 8.31. The van der Waals surface area contributed by atoms with Gasteiger partial charge in [-0.3, -0.25) is 0 Å². The zero-order valence-corrected chi connectivity index (χ0v) is 8.12. The number of nitrogens with two attached hydrogens (primary N) is 1. The highest BCUT2D eigenvalue weighted by Crippen LogP contribution is 2.29. The summed E-state index contributed by atoms with van der Waals surface area (Å²) in [6.45, 7) is 0. The Morgan fingerprint density at radius 2 is 2.00 bits per heavy atom. The number of rotatable bonds is 0. The summed E-state index contributed by atoms with van der Waals surface area (Å²) in [5.41, 5.74) is 7.91. The number of thioether (sulfide) groups is 1. The Morgan fingerprint density at radius 1 is 1.25 bits per heavy atom. The normalized spacial score (nSPS) is 14.2. The van der Waals surface area contributed by atoms with Crippen molar-refractivity contribution in [3.05, 3.63) is 35.5 Å². The number of hydrogen-bond acceptors (Lipinski definition) is 2. The van der Waals surface area contributed by atoms with E-state index in [2.05, 4.69) is 18.2 Å². The molecule has 2 rings (SSSR count). The summed E-state index contributed by atoms with van der Waals surface area (Å²) in [5.74, 6) is 0.928. The third kappa shape index (κ3) is 1.76. The van der Waals surface area contributed by atoms with Gasteiger partial charge in [0.05, 0.1) is 0 Å². The quantitative estimate of drug-likeness (QED) is 0.695. The van der Waals surface area contributed by atoms with Gasteiger partial charge in [0.1, 0.15) is 0 Å². The van der Waals surface area contributed by atoms with Crippen molar-refractivity contribution in [2.24, 2.45) is 5.73 Å². The van der Waals surface area contributed by atoms with E-state index < -0.39 is 0 Å². The molecular weight excluding hydrogens is 190 g/mol. The zero-order valence-electron chi connectivity index (χ0n) is 6.49. The van der Waals surface area contributed by atoms with Gasteiger partial charge in [0.25, 0.3) is 0 Å². The Balaban J connectivity index is 0.000000720. The molecular formula is C9H10ClNS. The van der Waals surface area contributed by atoms with Crippen molar-refractivity contribution in [3.8, 4) is 0 Å². The highest BCUT2D eigenvalue weighted by molar-refractivity contribution is 7.99. The number of hydrogen-bond donors (Lipinski definition) is 1. The highest BCUT2D eigenvalue weighted by atomic mass is 35.5. The van der Waals surface area contributed by atoms with Crippen LogP contribution in [0.5, 0.6) is 0 Å². The molecule has 0 spiro atoms. The molecule has 12 heavy (non-hydrogen) atoms. The van der Waals surface area contributed by atoms with Crippen LogP contribution in [-0.4, -0.2) is 5.75 Å². The van der Waals surface area contributed by atoms with Gasteiger partial charge < -0.3 is 5.73 Å². The molecule has 0 fully saturated rings. The molecule has 0 saturated carbocycles. The van der Waals surface area contributed by atoms with Crippen LogP contribution in [0.1, 0.15) is 5.56 Å². The second-order valence-electron chi connectivity index (χ2n) is 2.55. The molecule has 0 aromatic heterocycles. The van der Waals surface area contributed by atoms with Gasteiger partial charge in [-0.25, -0.2) is 0 Å². The topological polar surface area (TPSA) is 26.0 Å². The van der Waals surface area contributed by atoms with Gasteiger partial charge in [-0.05, 0) is 17.7 Å². The fraction of sp³-hybridized carbons (Fsp3) is 0.111. The van der Waals surface area contributed by atoms with E-state index in [1.165, 1.54) is 10.5 Å². The lowest BCUT2D eigenvalue weighted by atomic mass is 10.2. The average Bonchev–Trinajstić information content (AvgIpc) is 2.04. The minimum absolute atomic E-state index is 0. The van der Waals surface area contributed by atoms with Crippen molar-refractivity contribution in [3.63, 3.8) is 0 Å². The molecule has 1 aliphatic rings. The molecule has 0 aliphatic carbocycles. The standard InChI is InChI=1S/C9H9NS.ClH/c10-8-5-7-3-1-2-4-9(7)11-6-8;/h1-5H,6,10H2;1H. The van der Waals surface area contributed by atoms with Crippen molar-refractivity contribution in [1.29, 1.82) is 0 Å². The Labute approximate surface area is 82.4 Å². The van der Waals surface area contributed by atoms with Crippen molar-refractivity contribution in [1.82, 2.24) is 0 Å². The maximum atomic E-state index is 5.69. The fourth-order valence-electron chi connectivity index (χ4n) is 1.13. The van der Waals surface area contributed by atoms with Gasteiger partial charge in [-0.15, -0.1) is 24.2 Å². The molecule has 0 saturated heterocycles. The van der Waals surface area contributed by atoms with Crippen LogP contribution in [0.25, 0.3) is 6.08 Å². The van der Waals surface area contributed by atoms with Crippen molar-refractivity contribution >= 4 is 30.2 Å². The van der Waals surface area contributed by atoms with E-state index in [1.54, 1.807) is 11.8 Å². The smallest absolute Gasteiger partial charge is 0.0378 e. The Bertz CT molecular complexity index is 309. The van der Waals surface area contributed by atoms with E-state index in [4.69, 9.17) is 5.73 Å². The minimum Gasteiger partial charge on any atom is -0.401 e. The zero-order chi connectivity index (χ0) is 7.68. The summed E-state index contributed by atoms with van der Waals surface area (Å²) < 4.78 is 0. The van der Waals surface area contributed by atoms with Gasteiger partial charge in [0, 0.05) is 16.3 Å². The van der Waals surface area contributed by atoms with Crippen molar-refractivity contribution < 1.29 is 0 Å². The first kappa shape index (κ1) is 9.49. The van der Waals surface area contributed by atoms with Crippen LogP contribution in [0.3, 0.4) is 0 Å². The average molecular weight is 200 g/mol. The molecule has 0 bridgehead atoms. The third-order valence-electron chi connectivity index (χ3n) is 1.65. The van der Waals surface area contributed by atoms with Crippen molar-refractivity contribution in [2.75, 3.05) is 5.75 Å². The Hall–Kier alpha value is -0.600. The second-order valence-corrected chi connectivity index (χ2v) is 3.56. The molecule has 1 aromatic carbocycles. The first-order valence-corrected chi connectivity index (χ1v) is 4.53. The van der Waals surface area contributed by atoms with E-state index in [0.29, 0.717) is 0 Å². The maximum absolute atomic E-state index is 5.69. The first-order valence-electron chi connectivity index (χ1n) is 3.54. The van der Waals surface area contributed by atoms with Crippen LogP contribution in [0, 0.1) is 0 Å². The minimum atomic E-state index is 0. The predicted octanol–water partition coefficient (Wildman–Crippen LogP) is 2.51. The van der Waals surface area contributed by atoms with Crippen LogP contribution in [0.2, 0.25) is 0 Å². The van der Waals surface area contributed by atoms with E-state index in [1.807, 2.05) is 12.1 Å². The molecule has 2 N–H and O–H groups in total. The van der Waals surface area contributed by atoms with Crippen LogP contribution >= 0.6 is 24.2 Å². The molecule has 0 atom stereocenters. The van der Waals surface area contributed by atoms with E-state index in [-0.39, 0.29) is 12.4 Å². The molecule has 64 valence electrons. The van der Waals surface area contributed by atoms with Gasteiger partial charge in [-0.2, -0.15) is 0 Å². The molecule has 0 radical (unpaired) electrons. The fourth-order valence-corrected chi connectivity index (χ4v) is 2.01. The summed E-state index contributed by atoms with van der Waals surface area (Å²) in [7, 11) is 0. The van der Waals surface area contributed by atoms with Gasteiger partial charge >= 0.3 is 0 Å². The second kappa shape index (κ2) is 3.87. The monoisotopic (exact) mass is 199 g/mol. The number of fused-ring (bicyclic) bond motifs is 1. The third-order valence-corrected chi connectivity index (χ3v) is 2.81. The summed E-state index contributed by atoms with van der Waals surface area (Å²) >= 11 is 1.80. The number of benzene rings is 1. The molecule has 3 heteroatoms. The van der Waals surface area contributed by atoms with E-state index in [9.17, 15) is 0 Å². The van der Waals surface area contributed by atoms with Crippen LogP contribution in [0.15, 0.2) is 34.9 Å². The van der Waals surface area contributed by atoms with Crippen LogP contribution in [-0.2, 0) is 0 Å². The largest absolute Gasteiger partial charge is 0.401 e. The lowest BCUT2D eigenvalue weighted by Crippen LogP contribution is -2.03. The summed E-state index contributed by atoms with van der Waals surface area (Å²) in [6.07, 6.45) is 2.05. The van der Waals surface area contributed by atoms with E-state index >= 15 is 0 Å². The first-order chi connectivity index (χ1) is 5.36. The van der Waals surface area contributed by atoms with Crippen molar-refractivity contribution in [2.45, 2.75) is 4.90 Å². The molecule has 1 aliphatic heterocycles. The van der Waals surface area contributed by atoms with Crippen LogP contribution in [0.4, 0.5) is 0 Å².